The molecule has 2 aliphatic rings. The SMILES string of the molecule is Cn1c(=O)cc(C(OC(c2cc(=O)n(C)c3ccccc23)C2CO2)C2CO2)c2ccccc21. The van der Waals surface area contributed by atoms with Crippen LogP contribution in [0.15, 0.2) is 70.3 Å². The number of epoxide rings is 2. The molecule has 2 aromatic heterocycles. The quantitative estimate of drug-likeness (QED) is 0.427. The summed E-state index contributed by atoms with van der Waals surface area (Å²) in [6.45, 7) is 1.12. The van der Waals surface area contributed by atoms with Gasteiger partial charge in [0, 0.05) is 37.0 Å². The molecular weight excluding hydrogens is 420 g/mol. The largest absolute Gasteiger partial charge is 0.370 e. The Hall–Kier alpha value is -3.26. The number of para-hydroxylation sites is 2. The highest BCUT2D eigenvalue weighted by Crippen LogP contribution is 2.42. The zero-order chi connectivity index (χ0) is 22.7. The lowest BCUT2D eigenvalue weighted by atomic mass is 9.98. The van der Waals surface area contributed by atoms with Gasteiger partial charge in [-0.2, -0.15) is 0 Å². The molecule has 4 aromatic rings. The van der Waals surface area contributed by atoms with Gasteiger partial charge in [-0.05, 0) is 23.3 Å². The van der Waals surface area contributed by atoms with Crippen LogP contribution in [0.2, 0.25) is 0 Å². The summed E-state index contributed by atoms with van der Waals surface area (Å²) in [5.41, 5.74) is 3.08. The molecule has 0 amide bonds. The van der Waals surface area contributed by atoms with Gasteiger partial charge in [0.25, 0.3) is 11.1 Å². The highest BCUT2D eigenvalue weighted by molar-refractivity contribution is 5.84. The molecule has 7 nitrogen and oxygen atoms in total. The van der Waals surface area contributed by atoms with E-state index in [1.54, 1.807) is 35.4 Å². The van der Waals surface area contributed by atoms with Gasteiger partial charge in [-0.25, -0.2) is 0 Å². The number of hydrogen-bond acceptors (Lipinski definition) is 5. The van der Waals surface area contributed by atoms with E-state index < -0.39 is 12.2 Å². The summed E-state index contributed by atoms with van der Waals surface area (Å²) >= 11 is 0. The van der Waals surface area contributed by atoms with E-state index in [4.69, 9.17) is 14.2 Å². The van der Waals surface area contributed by atoms with E-state index in [0.717, 1.165) is 32.9 Å². The molecule has 2 aliphatic heterocycles. The third kappa shape index (κ3) is 3.49. The summed E-state index contributed by atoms with van der Waals surface area (Å²) in [4.78, 5) is 25.5. The molecule has 4 heterocycles. The Bertz CT molecular complexity index is 1380. The Morgan fingerprint density at radius 1 is 0.758 bits per heavy atom. The number of benzene rings is 2. The third-order valence-electron chi connectivity index (χ3n) is 6.67. The van der Waals surface area contributed by atoms with Crippen molar-refractivity contribution in [1.82, 2.24) is 9.13 Å². The van der Waals surface area contributed by atoms with E-state index in [-0.39, 0.29) is 23.3 Å². The first-order chi connectivity index (χ1) is 16.0. The molecule has 33 heavy (non-hydrogen) atoms. The minimum absolute atomic E-state index is 0.101. The van der Waals surface area contributed by atoms with Crippen molar-refractivity contribution in [2.45, 2.75) is 24.4 Å². The number of hydrogen-bond donors (Lipinski definition) is 0. The molecular formula is C26H24N2O5. The number of aryl methyl sites for hydroxylation is 2. The minimum atomic E-state index is -0.458. The number of aromatic nitrogens is 2. The van der Waals surface area contributed by atoms with Gasteiger partial charge in [0.2, 0.25) is 0 Å². The summed E-state index contributed by atoms with van der Waals surface area (Å²) in [5.74, 6) is 0. The molecule has 4 unspecified atom stereocenters. The first-order valence-electron chi connectivity index (χ1n) is 11.1. The zero-order valence-corrected chi connectivity index (χ0v) is 18.4. The maximum absolute atomic E-state index is 12.8. The van der Waals surface area contributed by atoms with Gasteiger partial charge in [-0.1, -0.05) is 36.4 Å². The summed E-state index contributed by atoms with van der Waals surface area (Å²) in [5, 5.41) is 1.90. The van der Waals surface area contributed by atoms with Crippen LogP contribution in [0.25, 0.3) is 21.8 Å². The van der Waals surface area contributed by atoms with Crippen LogP contribution >= 0.6 is 0 Å². The monoisotopic (exact) mass is 444 g/mol. The van der Waals surface area contributed by atoms with E-state index in [1.165, 1.54) is 0 Å². The Balaban J connectivity index is 1.50. The van der Waals surface area contributed by atoms with Gasteiger partial charge in [-0.15, -0.1) is 0 Å². The second kappa shape index (κ2) is 7.66. The Morgan fingerprint density at radius 3 is 1.55 bits per heavy atom. The molecule has 0 bridgehead atoms. The van der Waals surface area contributed by atoms with Crippen LogP contribution in [0.3, 0.4) is 0 Å². The van der Waals surface area contributed by atoms with E-state index in [1.807, 2.05) is 48.5 Å². The molecule has 4 atom stereocenters. The number of rotatable bonds is 6. The fourth-order valence-corrected chi connectivity index (χ4v) is 4.68. The first-order valence-corrected chi connectivity index (χ1v) is 11.1. The predicted molar refractivity (Wildman–Crippen MR) is 124 cm³/mol. The lowest BCUT2D eigenvalue weighted by Gasteiger charge is -2.26. The summed E-state index contributed by atoms with van der Waals surface area (Å²) in [6.07, 6.45) is -1.22. The summed E-state index contributed by atoms with van der Waals surface area (Å²) in [7, 11) is 3.54. The third-order valence-corrected chi connectivity index (χ3v) is 6.67. The minimum Gasteiger partial charge on any atom is -0.370 e. The fraction of sp³-hybridized carbons (Fsp3) is 0.308. The first kappa shape index (κ1) is 20.4. The van der Waals surface area contributed by atoms with E-state index >= 15 is 0 Å². The van der Waals surface area contributed by atoms with Gasteiger partial charge < -0.3 is 23.3 Å². The normalized spacial score (nSPS) is 21.3. The van der Waals surface area contributed by atoms with Gasteiger partial charge in [0.1, 0.15) is 24.4 Å². The molecule has 7 heteroatoms. The highest BCUT2D eigenvalue weighted by atomic mass is 16.6. The summed E-state index contributed by atoms with van der Waals surface area (Å²) < 4.78 is 21.3. The molecule has 0 aliphatic carbocycles. The zero-order valence-electron chi connectivity index (χ0n) is 18.4. The van der Waals surface area contributed by atoms with Crippen LogP contribution in [-0.2, 0) is 28.3 Å². The standard InChI is InChI=1S/C26H24N2O5/c1-27-19-9-5-3-7-15(19)17(11-23(27)29)25(21-13-31-21)33-26(22-14-32-22)18-12-24(30)28(2)20-10-6-4-8-16(18)20/h3-12,21-22,25-26H,13-14H2,1-2H3. The van der Waals surface area contributed by atoms with Crippen molar-refractivity contribution in [3.63, 3.8) is 0 Å². The van der Waals surface area contributed by atoms with Crippen LogP contribution in [0.4, 0.5) is 0 Å². The topological polar surface area (TPSA) is 78.3 Å². The number of pyridine rings is 2. The van der Waals surface area contributed by atoms with E-state index in [9.17, 15) is 9.59 Å². The van der Waals surface area contributed by atoms with E-state index in [2.05, 4.69) is 0 Å². The second-order valence-electron chi connectivity index (χ2n) is 8.75. The van der Waals surface area contributed by atoms with Crippen LogP contribution in [0.5, 0.6) is 0 Å². The van der Waals surface area contributed by atoms with Gasteiger partial charge in [0.15, 0.2) is 0 Å². The molecule has 2 fully saturated rings. The van der Waals surface area contributed by atoms with Crippen molar-refractivity contribution in [2.75, 3.05) is 13.2 Å². The molecule has 6 rings (SSSR count). The molecule has 0 spiro atoms. The van der Waals surface area contributed by atoms with Crippen molar-refractivity contribution in [3.8, 4) is 0 Å². The van der Waals surface area contributed by atoms with Gasteiger partial charge in [-0.3, -0.25) is 9.59 Å². The molecule has 0 saturated carbocycles. The molecule has 0 N–H and O–H groups in total. The molecule has 2 aromatic carbocycles. The van der Waals surface area contributed by atoms with Crippen LogP contribution in [-0.4, -0.2) is 34.6 Å². The fourth-order valence-electron chi connectivity index (χ4n) is 4.68. The number of fused-ring (bicyclic) bond motifs is 2. The van der Waals surface area contributed by atoms with Crippen LogP contribution in [0.1, 0.15) is 23.3 Å². The van der Waals surface area contributed by atoms with Crippen molar-refractivity contribution in [1.29, 1.82) is 0 Å². The lowest BCUT2D eigenvalue weighted by molar-refractivity contribution is -0.0406. The smallest absolute Gasteiger partial charge is 0.251 e. The average molecular weight is 444 g/mol. The Labute approximate surface area is 189 Å². The maximum Gasteiger partial charge on any atom is 0.251 e. The van der Waals surface area contributed by atoms with Gasteiger partial charge >= 0.3 is 0 Å². The van der Waals surface area contributed by atoms with Crippen molar-refractivity contribution >= 4 is 21.8 Å². The second-order valence-corrected chi connectivity index (χ2v) is 8.75. The molecule has 168 valence electrons. The molecule has 0 radical (unpaired) electrons. The van der Waals surface area contributed by atoms with Crippen molar-refractivity contribution < 1.29 is 14.2 Å². The van der Waals surface area contributed by atoms with Crippen LogP contribution in [0, 0.1) is 0 Å². The number of nitrogens with zero attached hydrogens (tertiary/aromatic N) is 2. The van der Waals surface area contributed by atoms with E-state index in [0.29, 0.717) is 13.2 Å². The van der Waals surface area contributed by atoms with Crippen molar-refractivity contribution in [3.05, 3.63) is 92.5 Å². The highest BCUT2D eigenvalue weighted by Gasteiger charge is 2.43. The predicted octanol–water partition coefficient (Wildman–Crippen LogP) is 2.99. The Morgan fingerprint density at radius 2 is 1.15 bits per heavy atom. The van der Waals surface area contributed by atoms with Crippen LogP contribution < -0.4 is 11.1 Å². The molecule has 2 saturated heterocycles. The Kier molecular flexibility index (Phi) is 4.72. The maximum atomic E-state index is 12.8. The average Bonchev–Trinajstić information content (AvgIpc) is 3.74. The summed E-state index contributed by atoms with van der Waals surface area (Å²) in [6, 6.07) is 18.9. The number of ether oxygens (including phenoxy) is 3. The van der Waals surface area contributed by atoms with Gasteiger partial charge in [0.05, 0.1) is 24.2 Å². The van der Waals surface area contributed by atoms with Crippen molar-refractivity contribution in [2.24, 2.45) is 14.1 Å². The lowest BCUT2D eigenvalue weighted by Crippen LogP contribution is -2.25.